The van der Waals surface area contributed by atoms with Crippen LogP contribution in [-0.4, -0.2) is 35.0 Å². The smallest absolute Gasteiger partial charge is 0.305 e. The van der Waals surface area contributed by atoms with Crippen molar-refractivity contribution < 1.29 is 24.9 Å². The number of phenols is 2. The Morgan fingerprint density at radius 2 is 1.88 bits per heavy atom. The first-order valence-electron chi connectivity index (χ1n) is 7.87. The van der Waals surface area contributed by atoms with Crippen molar-refractivity contribution in [1.29, 1.82) is 0 Å². The lowest BCUT2D eigenvalue weighted by molar-refractivity contribution is -0.140. The standard InChI is InChI=1S/C19H22O5/c1-24-18(22)10-8-13-7-9-17(21)16(12-13)15-6-2-4-14(19(15)23)5-3-11-20/h2,4,6-7,9,12,20-21,23H,3,5,8,10-11H2,1H3. The second-order valence-corrected chi connectivity index (χ2v) is 5.57. The number of aliphatic hydroxyl groups excluding tert-OH is 1. The zero-order valence-corrected chi connectivity index (χ0v) is 13.7. The predicted molar refractivity (Wildman–Crippen MR) is 91.0 cm³/mol. The Kier molecular flexibility index (Phi) is 6.21. The number of aromatic hydroxyl groups is 2. The van der Waals surface area contributed by atoms with Gasteiger partial charge < -0.3 is 20.1 Å². The number of hydrogen-bond donors (Lipinski definition) is 3. The number of para-hydroxylation sites is 1. The van der Waals surface area contributed by atoms with Gasteiger partial charge in [0.2, 0.25) is 0 Å². The average Bonchev–Trinajstić information content (AvgIpc) is 2.60. The van der Waals surface area contributed by atoms with Gasteiger partial charge in [-0.05, 0) is 42.5 Å². The van der Waals surface area contributed by atoms with Crippen molar-refractivity contribution in [3.8, 4) is 22.6 Å². The molecule has 0 fully saturated rings. The van der Waals surface area contributed by atoms with E-state index in [1.54, 1.807) is 30.3 Å². The van der Waals surface area contributed by atoms with E-state index in [-0.39, 0.29) is 30.5 Å². The molecule has 24 heavy (non-hydrogen) atoms. The van der Waals surface area contributed by atoms with Crippen molar-refractivity contribution in [2.45, 2.75) is 25.7 Å². The van der Waals surface area contributed by atoms with Crippen molar-refractivity contribution in [2.75, 3.05) is 13.7 Å². The molecule has 3 N–H and O–H groups in total. The van der Waals surface area contributed by atoms with Crippen LogP contribution in [-0.2, 0) is 22.4 Å². The number of hydrogen-bond acceptors (Lipinski definition) is 5. The van der Waals surface area contributed by atoms with Gasteiger partial charge >= 0.3 is 5.97 Å². The Morgan fingerprint density at radius 1 is 1.08 bits per heavy atom. The van der Waals surface area contributed by atoms with Gasteiger partial charge in [0.25, 0.3) is 0 Å². The molecule has 5 heteroatoms. The first kappa shape index (κ1) is 17.8. The van der Waals surface area contributed by atoms with E-state index in [0.29, 0.717) is 30.4 Å². The maximum absolute atomic E-state index is 11.3. The molecule has 0 bridgehead atoms. The van der Waals surface area contributed by atoms with Gasteiger partial charge in [-0.25, -0.2) is 0 Å². The number of benzene rings is 2. The molecule has 0 heterocycles. The van der Waals surface area contributed by atoms with Crippen LogP contribution in [0.25, 0.3) is 11.1 Å². The Balaban J connectivity index is 2.32. The number of carbonyl (C=O) groups excluding carboxylic acids is 1. The van der Waals surface area contributed by atoms with Gasteiger partial charge in [-0.15, -0.1) is 0 Å². The summed E-state index contributed by atoms with van der Waals surface area (Å²) >= 11 is 0. The number of phenolic OH excluding ortho intramolecular Hbond substituents is 2. The number of esters is 1. The van der Waals surface area contributed by atoms with Gasteiger partial charge in [0.15, 0.2) is 0 Å². The lowest BCUT2D eigenvalue weighted by Crippen LogP contribution is -2.02. The second-order valence-electron chi connectivity index (χ2n) is 5.57. The molecule has 0 aliphatic carbocycles. The molecule has 0 unspecified atom stereocenters. The minimum Gasteiger partial charge on any atom is -0.507 e. The molecule has 2 aromatic rings. The third-order valence-corrected chi connectivity index (χ3v) is 3.92. The maximum atomic E-state index is 11.3. The van der Waals surface area contributed by atoms with Crippen LogP contribution in [0.5, 0.6) is 11.5 Å². The zero-order valence-electron chi connectivity index (χ0n) is 13.7. The molecule has 128 valence electrons. The van der Waals surface area contributed by atoms with E-state index in [4.69, 9.17) is 5.11 Å². The molecule has 0 saturated heterocycles. The van der Waals surface area contributed by atoms with E-state index in [2.05, 4.69) is 4.74 Å². The molecular weight excluding hydrogens is 308 g/mol. The van der Waals surface area contributed by atoms with Gasteiger partial charge in [-0.3, -0.25) is 4.79 Å². The highest BCUT2D eigenvalue weighted by Gasteiger charge is 2.13. The summed E-state index contributed by atoms with van der Waals surface area (Å²) in [6.07, 6.45) is 1.86. The topological polar surface area (TPSA) is 87.0 Å². The second kappa shape index (κ2) is 8.36. The van der Waals surface area contributed by atoms with Crippen LogP contribution >= 0.6 is 0 Å². The monoisotopic (exact) mass is 330 g/mol. The summed E-state index contributed by atoms with van der Waals surface area (Å²) < 4.78 is 4.63. The summed E-state index contributed by atoms with van der Waals surface area (Å²) in [5, 5.41) is 29.6. The van der Waals surface area contributed by atoms with Crippen LogP contribution in [0.4, 0.5) is 0 Å². The SMILES string of the molecule is COC(=O)CCc1ccc(O)c(-c2cccc(CCCO)c2O)c1. The molecule has 2 rings (SSSR count). The minimum atomic E-state index is -0.293. The van der Waals surface area contributed by atoms with Crippen LogP contribution in [0, 0.1) is 0 Å². The van der Waals surface area contributed by atoms with Gasteiger partial charge in [0.1, 0.15) is 11.5 Å². The Morgan fingerprint density at radius 3 is 2.58 bits per heavy atom. The number of ether oxygens (including phenoxy) is 1. The molecule has 0 aliphatic heterocycles. The molecule has 5 nitrogen and oxygen atoms in total. The number of methoxy groups -OCH3 is 1. The quantitative estimate of drug-likeness (QED) is 0.680. The molecule has 2 aromatic carbocycles. The van der Waals surface area contributed by atoms with E-state index in [1.165, 1.54) is 7.11 Å². The Hall–Kier alpha value is -2.53. The largest absolute Gasteiger partial charge is 0.507 e. The zero-order chi connectivity index (χ0) is 17.5. The first-order valence-corrected chi connectivity index (χ1v) is 7.87. The highest BCUT2D eigenvalue weighted by atomic mass is 16.5. The number of rotatable bonds is 7. The third-order valence-electron chi connectivity index (χ3n) is 3.92. The van der Waals surface area contributed by atoms with Gasteiger partial charge in [0.05, 0.1) is 7.11 Å². The Bertz CT molecular complexity index is 709. The molecule has 0 amide bonds. The van der Waals surface area contributed by atoms with E-state index >= 15 is 0 Å². The molecule has 0 spiro atoms. The first-order chi connectivity index (χ1) is 11.6. The fraction of sp³-hybridized carbons (Fsp3) is 0.316. The number of carbonyl (C=O) groups is 1. The number of aryl methyl sites for hydroxylation is 2. The van der Waals surface area contributed by atoms with Crippen LogP contribution in [0.3, 0.4) is 0 Å². The normalized spacial score (nSPS) is 10.6. The summed E-state index contributed by atoms with van der Waals surface area (Å²) in [5.41, 5.74) is 2.64. The molecule has 0 aromatic heterocycles. The van der Waals surface area contributed by atoms with Crippen molar-refractivity contribution in [2.24, 2.45) is 0 Å². The molecular formula is C19H22O5. The molecule has 0 saturated carbocycles. The molecule has 0 atom stereocenters. The summed E-state index contributed by atoms with van der Waals surface area (Å²) in [7, 11) is 1.35. The van der Waals surface area contributed by atoms with E-state index < -0.39 is 0 Å². The Labute approximate surface area is 141 Å². The van der Waals surface area contributed by atoms with Crippen LogP contribution < -0.4 is 0 Å². The minimum absolute atomic E-state index is 0.0535. The van der Waals surface area contributed by atoms with Crippen LogP contribution in [0.1, 0.15) is 24.0 Å². The number of aliphatic hydroxyl groups is 1. The van der Waals surface area contributed by atoms with Crippen molar-refractivity contribution in [3.05, 3.63) is 47.5 Å². The van der Waals surface area contributed by atoms with Gasteiger partial charge in [0, 0.05) is 24.2 Å². The fourth-order valence-electron chi connectivity index (χ4n) is 2.58. The van der Waals surface area contributed by atoms with Crippen LogP contribution in [0.2, 0.25) is 0 Å². The van der Waals surface area contributed by atoms with Gasteiger partial charge in [-0.2, -0.15) is 0 Å². The van der Waals surface area contributed by atoms with Crippen molar-refractivity contribution in [3.63, 3.8) is 0 Å². The highest BCUT2D eigenvalue weighted by Crippen LogP contribution is 2.38. The molecule has 0 radical (unpaired) electrons. The maximum Gasteiger partial charge on any atom is 0.305 e. The van der Waals surface area contributed by atoms with Crippen molar-refractivity contribution >= 4 is 5.97 Å². The summed E-state index contributed by atoms with van der Waals surface area (Å²) in [5.74, 6) is -0.128. The van der Waals surface area contributed by atoms with E-state index in [1.807, 2.05) is 6.07 Å². The fourth-order valence-corrected chi connectivity index (χ4v) is 2.58. The van der Waals surface area contributed by atoms with Crippen LogP contribution in [0.15, 0.2) is 36.4 Å². The predicted octanol–water partition coefficient (Wildman–Crippen LogP) is 2.80. The van der Waals surface area contributed by atoms with E-state index in [0.717, 1.165) is 11.1 Å². The summed E-state index contributed by atoms with van der Waals surface area (Å²) in [6, 6.07) is 10.4. The van der Waals surface area contributed by atoms with E-state index in [9.17, 15) is 15.0 Å². The third kappa shape index (κ3) is 4.26. The lowest BCUT2D eigenvalue weighted by Gasteiger charge is -2.12. The lowest BCUT2D eigenvalue weighted by atomic mass is 9.96. The van der Waals surface area contributed by atoms with Gasteiger partial charge in [-0.1, -0.05) is 24.3 Å². The average molecular weight is 330 g/mol. The molecule has 0 aliphatic rings. The highest BCUT2D eigenvalue weighted by molar-refractivity contribution is 5.77. The van der Waals surface area contributed by atoms with Crippen molar-refractivity contribution in [1.82, 2.24) is 0 Å². The summed E-state index contributed by atoms with van der Waals surface area (Å²) in [4.78, 5) is 11.3. The summed E-state index contributed by atoms with van der Waals surface area (Å²) in [6.45, 7) is 0.0535.